The Balaban J connectivity index is 1.99. The van der Waals surface area contributed by atoms with Crippen molar-refractivity contribution in [2.24, 2.45) is 0 Å². The van der Waals surface area contributed by atoms with Crippen molar-refractivity contribution in [3.05, 3.63) is 24.2 Å². The highest BCUT2D eigenvalue weighted by Gasteiger charge is 2.09. The first-order chi connectivity index (χ1) is 9.99. The second-order valence-electron chi connectivity index (χ2n) is 6.18. The van der Waals surface area contributed by atoms with E-state index >= 15 is 0 Å². The van der Waals surface area contributed by atoms with E-state index in [1.165, 1.54) is 0 Å². The molecule has 5 heteroatoms. The van der Waals surface area contributed by atoms with Crippen LogP contribution in [0.3, 0.4) is 0 Å². The molecule has 0 aliphatic carbocycles. The van der Waals surface area contributed by atoms with Gasteiger partial charge < -0.3 is 10.2 Å². The van der Waals surface area contributed by atoms with Gasteiger partial charge in [0.05, 0.1) is 5.69 Å². The molecule has 1 N–H and O–H groups in total. The van der Waals surface area contributed by atoms with Crippen molar-refractivity contribution in [3.63, 3.8) is 0 Å². The summed E-state index contributed by atoms with van der Waals surface area (Å²) in [5.41, 5.74) is 2.16. The van der Waals surface area contributed by atoms with Crippen LogP contribution < -0.4 is 5.32 Å². The molecule has 0 unspecified atom stereocenters. The smallest absolute Gasteiger partial charge is 0.152 e. The molecule has 0 saturated carbocycles. The average Bonchev–Trinajstić information content (AvgIpc) is 2.88. The normalized spacial score (nSPS) is 12.0. The van der Waals surface area contributed by atoms with Crippen molar-refractivity contribution in [3.8, 4) is 0 Å². The second kappa shape index (κ2) is 6.89. The van der Waals surface area contributed by atoms with Crippen LogP contribution in [0, 0.1) is 0 Å². The van der Waals surface area contributed by atoms with Crippen molar-refractivity contribution in [2.75, 3.05) is 25.5 Å². The predicted octanol–water partition coefficient (Wildman–Crippen LogP) is 2.99. The van der Waals surface area contributed by atoms with E-state index < -0.39 is 0 Å². The quantitative estimate of drug-likeness (QED) is 0.796. The number of hydrogen-bond donors (Lipinski definition) is 1. The first-order valence-electron chi connectivity index (χ1n) is 7.77. The molecule has 0 saturated heterocycles. The number of rotatable bonds is 7. The molecule has 2 aromatic heterocycles. The molecule has 0 fully saturated rings. The molecule has 21 heavy (non-hydrogen) atoms. The molecule has 2 rings (SSSR count). The van der Waals surface area contributed by atoms with Crippen LogP contribution in [-0.2, 0) is 0 Å². The molecule has 0 spiro atoms. The lowest BCUT2D eigenvalue weighted by atomic mass is 10.1. The Morgan fingerprint density at radius 2 is 2.05 bits per heavy atom. The summed E-state index contributed by atoms with van der Waals surface area (Å²) in [4.78, 5) is 6.80. The zero-order valence-electron chi connectivity index (χ0n) is 13.8. The molecule has 116 valence electrons. The minimum atomic E-state index is 0.428. The van der Waals surface area contributed by atoms with Gasteiger partial charge in [-0.3, -0.25) is 0 Å². The Kier molecular flexibility index (Phi) is 5.17. The molecule has 0 aliphatic rings. The maximum absolute atomic E-state index is 4.58. The highest BCUT2D eigenvalue weighted by atomic mass is 15.2. The van der Waals surface area contributed by atoms with E-state index in [0.29, 0.717) is 12.0 Å². The highest BCUT2D eigenvalue weighted by molar-refractivity contribution is 5.67. The number of nitrogens with zero attached hydrogens (tertiary/aromatic N) is 4. The Hall–Kier alpha value is -1.62. The van der Waals surface area contributed by atoms with E-state index in [9.17, 15) is 0 Å². The zero-order valence-corrected chi connectivity index (χ0v) is 13.8. The van der Waals surface area contributed by atoms with Crippen molar-refractivity contribution >= 4 is 11.3 Å². The fourth-order valence-electron chi connectivity index (χ4n) is 2.15. The van der Waals surface area contributed by atoms with Gasteiger partial charge in [-0.2, -0.15) is 5.10 Å². The molecular formula is C16H27N5. The third-order valence-electron chi connectivity index (χ3n) is 3.86. The van der Waals surface area contributed by atoms with Gasteiger partial charge in [-0.05, 0) is 45.8 Å². The Morgan fingerprint density at radius 1 is 1.29 bits per heavy atom. The molecule has 5 nitrogen and oxygen atoms in total. The molecule has 2 heterocycles. The summed E-state index contributed by atoms with van der Waals surface area (Å²) in [6, 6.07) is 2.72. The minimum Gasteiger partial charge on any atom is -0.368 e. The van der Waals surface area contributed by atoms with E-state index in [-0.39, 0.29) is 0 Å². The maximum Gasteiger partial charge on any atom is 0.152 e. The summed E-state index contributed by atoms with van der Waals surface area (Å²) in [5.74, 6) is 1.35. The van der Waals surface area contributed by atoms with Crippen molar-refractivity contribution in [1.82, 2.24) is 19.5 Å². The van der Waals surface area contributed by atoms with Crippen LogP contribution in [0.15, 0.2) is 18.5 Å². The predicted molar refractivity (Wildman–Crippen MR) is 87.9 cm³/mol. The highest BCUT2D eigenvalue weighted by Crippen LogP contribution is 2.19. The van der Waals surface area contributed by atoms with Gasteiger partial charge >= 0.3 is 0 Å². The standard InChI is InChI=1S/C16H27N5/c1-12(2)14-11-15-16(18-8-10-21(15)19-14)17-7-6-9-20(5)13(3)4/h8,10-13H,6-7,9H2,1-5H3,(H,17,18). The lowest BCUT2D eigenvalue weighted by molar-refractivity contribution is 0.273. The fourth-order valence-corrected chi connectivity index (χ4v) is 2.15. The summed E-state index contributed by atoms with van der Waals surface area (Å²) in [5, 5.41) is 8.02. The lowest BCUT2D eigenvalue weighted by Crippen LogP contribution is -2.28. The van der Waals surface area contributed by atoms with Gasteiger partial charge in [0.15, 0.2) is 5.82 Å². The van der Waals surface area contributed by atoms with Gasteiger partial charge in [0.1, 0.15) is 5.52 Å². The number of anilines is 1. The largest absolute Gasteiger partial charge is 0.368 e. The Morgan fingerprint density at radius 3 is 2.71 bits per heavy atom. The molecular weight excluding hydrogens is 262 g/mol. The monoisotopic (exact) mass is 289 g/mol. The number of hydrogen-bond acceptors (Lipinski definition) is 4. The molecule has 0 bridgehead atoms. The summed E-state index contributed by atoms with van der Waals surface area (Å²) >= 11 is 0. The number of aromatic nitrogens is 3. The van der Waals surface area contributed by atoms with Crippen LogP contribution in [0.2, 0.25) is 0 Å². The van der Waals surface area contributed by atoms with Crippen molar-refractivity contribution < 1.29 is 0 Å². The fraction of sp³-hybridized carbons (Fsp3) is 0.625. The van der Waals surface area contributed by atoms with Gasteiger partial charge in [0, 0.05) is 25.0 Å². The number of fused-ring (bicyclic) bond motifs is 1. The third-order valence-corrected chi connectivity index (χ3v) is 3.86. The van der Waals surface area contributed by atoms with Gasteiger partial charge in [-0.25, -0.2) is 9.50 Å². The van der Waals surface area contributed by atoms with Gasteiger partial charge in [0.25, 0.3) is 0 Å². The first-order valence-corrected chi connectivity index (χ1v) is 7.77. The summed E-state index contributed by atoms with van der Waals surface area (Å²) < 4.78 is 1.91. The molecule has 2 aromatic rings. The van der Waals surface area contributed by atoms with E-state index in [0.717, 1.165) is 36.5 Å². The van der Waals surface area contributed by atoms with E-state index in [2.05, 4.69) is 61.1 Å². The topological polar surface area (TPSA) is 45.5 Å². The molecule has 0 atom stereocenters. The Labute approximate surface area is 127 Å². The molecule has 0 amide bonds. The lowest BCUT2D eigenvalue weighted by Gasteiger charge is -2.20. The van der Waals surface area contributed by atoms with Gasteiger partial charge in [-0.15, -0.1) is 0 Å². The molecule has 0 radical (unpaired) electrons. The van der Waals surface area contributed by atoms with Crippen LogP contribution in [0.5, 0.6) is 0 Å². The Bertz CT molecular complexity index is 573. The average molecular weight is 289 g/mol. The SMILES string of the molecule is CC(C)c1cc2c(NCCCN(C)C(C)C)nccn2n1. The van der Waals surface area contributed by atoms with E-state index in [4.69, 9.17) is 0 Å². The first kappa shape index (κ1) is 15.8. The molecule has 0 aliphatic heterocycles. The third kappa shape index (κ3) is 3.94. The maximum atomic E-state index is 4.58. The van der Waals surface area contributed by atoms with Crippen LogP contribution in [0.25, 0.3) is 5.52 Å². The van der Waals surface area contributed by atoms with Crippen LogP contribution in [-0.4, -0.2) is 45.7 Å². The van der Waals surface area contributed by atoms with Gasteiger partial charge in [0.2, 0.25) is 0 Å². The summed E-state index contributed by atoms with van der Waals surface area (Å²) in [7, 11) is 2.16. The summed E-state index contributed by atoms with van der Waals surface area (Å²) in [6.07, 6.45) is 4.80. The van der Waals surface area contributed by atoms with E-state index in [1.807, 2.05) is 10.7 Å². The summed E-state index contributed by atoms with van der Waals surface area (Å²) in [6.45, 7) is 10.8. The second-order valence-corrected chi connectivity index (χ2v) is 6.18. The molecule has 0 aromatic carbocycles. The van der Waals surface area contributed by atoms with Crippen molar-refractivity contribution in [1.29, 1.82) is 0 Å². The zero-order chi connectivity index (χ0) is 15.4. The van der Waals surface area contributed by atoms with Crippen LogP contribution in [0.1, 0.15) is 45.7 Å². The van der Waals surface area contributed by atoms with Gasteiger partial charge in [-0.1, -0.05) is 13.8 Å². The van der Waals surface area contributed by atoms with Crippen molar-refractivity contribution in [2.45, 2.75) is 46.1 Å². The van der Waals surface area contributed by atoms with Crippen LogP contribution in [0.4, 0.5) is 5.82 Å². The number of nitrogens with one attached hydrogen (secondary N) is 1. The van der Waals surface area contributed by atoms with E-state index in [1.54, 1.807) is 6.20 Å². The minimum absolute atomic E-state index is 0.428. The van der Waals surface area contributed by atoms with Crippen LogP contribution >= 0.6 is 0 Å².